The maximum absolute atomic E-state index is 11.6. The van der Waals surface area contributed by atoms with Crippen molar-refractivity contribution in [3.05, 3.63) is 35.4 Å². The van der Waals surface area contributed by atoms with Crippen LogP contribution in [0.25, 0.3) is 5.57 Å². The first-order chi connectivity index (χ1) is 10.1. The summed E-state index contributed by atoms with van der Waals surface area (Å²) in [6, 6.07) is 6.01. The fraction of sp³-hybridized carbons (Fsp3) is 0.412. The van der Waals surface area contributed by atoms with E-state index in [9.17, 15) is 9.59 Å². The predicted octanol–water partition coefficient (Wildman–Crippen LogP) is 2.95. The smallest absolute Gasteiger partial charge is 0.331 e. The van der Waals surface area contributed by atoms with E-state index in [1.807, 2.05) is 19.1 Å². The van der Waals surface area contributed by atoms with Gasteiger partial charge < -0.3 is 9.64 Å². The molecule has 0 bridgehead atoms. The highest BCUT2D eigenvalue weighted by atomic mass is 16.5. The van der Waals surface area contributed by atoms with Crippen molar-refractivity contribution in [1.29, 1.82) is 0 Å². The molecule has 4 nitrogen and oxygen atoms in total. The topological polar surface area (TPSA) is 46.6 Å². The van der Waals surface area contributed by atoms with Gasteiger partial charge >= 0.3 is 5.97 Å². The summed E-state index contributed by atoms with van der Waals surface area (Å²) in [4.78, 5) is 25.0. The number of fused-ring (bicyclic) bond motifs is 1. The first-order valence-corrected chi connectivity index (χ1v) is 7.35. The van der Waals surface area contributed by atoms with Crippen LogP contribution < -0.4 is 4.90 Å². The number of carbonyl (C=O) groups excluding carboxylic acids is 2. The van der Waals surface area contributed by atoms with Gasteiger partial charge in [0.15, 0.2) is 0 Å². The van der Waals surface area contributed by atoms with E-state index in [0.29, 0.717) is 6.61 Å². The largest absolute Gasteiger partial charge is 0.463 e. The Morgan fingerprint density at radius 2 is 2.10 bits per heavy atom. The number of benzene rings is 1. The van der Waals surface area contributed by atoms with E-state index in [0.717, 1.165) is 41.8 Å². The third-order valence-electron chi connectivity index (χ3n) is 3.69. The van der Waals surface area contributed by atoms with Gasteiger partial charge in [-0.05, 0) is 48.6 Å². The summed E-state index contributed by atoms with van der Waals surface area (Å²) < 4.78 is 4.97. The number of ether oxygens (including phenoxy) is 1. The standard InChI is InChI=1S/C17H21NO3/c1-4-13(11-17(20)21-5-2)14-6-7-16-15(10-14)8-9-18(16)12(3)19/h6-7,10-11H,4-5,8-9H2,1-3H3. The van der Waals surface area contributed by atoms with Gasteiger partial charge in [-0.25, -0.2) is 4.79 Å². The first kappa shape index (κ1) is 15.3. The molecular formula is C17H21NO3. The van der Waals surface area contributed by atoms with Crippen LogP contribution in [0, 0.1) is 0 Å². The monoisotopic (exact) mass is 287 g/mol. The van der Waals surface area contributed by atoms with Crippen LogP contribution in [-0.4, -0.2) is 25.0 Å². The molecular weight excluding hydrogens is 266 g/mol. The Kier molecular flexibility index (Phi) is 4.78. The van der Waals surface area contributed by atoms with Gasteiger partial charge in [0.1, 0.15) is 0 Å². The summed E-state index contributed by atoms with van der Waals surface area (Å²) >= 11 is 0. The number of nitrogens with zero attached hydrogens (tertiary/aromatic N) is 1. The summed E-state index contributed by atoms with van der Waals surface area (Å²) in [7, 11) is 0. The average molecular weight is 287 g/mol. The summed E-state index contributed by atoms with van der Waals surface area (Å²) in [6.07, 6.45) is 3.18. The maximum atomic E-state index is 11.6. The summed E-state index contributed by atoms with van der Waals surface area (Å²) in [5.74, 6) is -0.237. The van der Waals surface area contributed by atoms with E-state index < -0.39 is 0 Å². The molecule has 1 aliphatic rings. The molecule has 4 heteroatoms. The molecule has 0 fully saturated rings. The lowest BCUT2D eigenvalue weighted by molar-refractivity contribution is -0.137. The van der Waals surface area contributed by atoms with E-state index in [2.05, 4.69) is 6.07 Å². The zero-order valence-electron chi connectivity index (χ0n) is 12.8. The van der Waals surface area contributed by atoms with Crippen LogP contribution in [0.1, 0.15) is 38.3 Å². The van der Waals surface area contributed by atoms with E-state index >= 15 is 0 Å². The number of hydrogen-bond acceptors (Lipinski definition) is 3. The fourth-order valence-corrected chi connectivity index (χ4v) is 2.64. The van der Waals surface area contributed by atoms with Gasteiger partial charge in [0.25, 0.3) is 0 Å². The van der Waals surface area contributed by atoms with Crippen LogP contribution in [0.4, 0.5) is 5.69 Å². The van der Waals surface area contributed by atoms with Crippen molar-refractivity contribution in [2.45, 2.75) is 33.6 Å². The Bertz CT molecular complexity index is 590. The van der Waals surface area contributed by atoms with Gasteiger partial charge in [-0.2, -0.15) is 0 Å². The summed E-state index contributed by atoms with van der Waals surface area (Å²) in [5.41, 5.74) is 4.12. The Morgan fingerprint density at radius 1 is 1.33 bits per heavy atom. The highest BCUT2D eigenvalue weighted by Crippen LogP contribution is 2.31. The van der Waals surface area contributed by atoms with Crippen molar-refractivity contribution >= 4 is 23.1 Å². The summed E-state index contributed by atoms with van der Waals surface area (Å²) in [5, 5.41) is 0. The van der Waals surface area contributed by atoms with Crippen molar-refractivity contribution in [3.8, 4) is 0 Å². The Labute approximate surface area is 125 Å². The molecule has 112 valence electrons. The van der Waals surface area contributed by atoms with Gasteiger partial charge in [0.2, 0.25) is 5.91 Å². The molecule has 1 aliphatic heterocycles. The normalized spacial score (nSPS) is 14.0. The minimum Gasteiger partial charge on any atom is -0.463 e. The first-order valence-electron chi connectivity index (χ1n) is 7.35. The number of rotatable bonds is 4. The molecule has 0 unspecified atom stereocenters. The van der Waals surface area contributed by atoms with Crippen molar-refractivity contribution in [1.82, 2.24) is 0 Å². The van der Waals surface area contributed by atoms with Gasteiger partial charge in [-0.3, -0.25) is 4.79 Å². The third kappa shape index (κ3) is 3.32. The van der Waals surface area contributed by atoms with Crippen LogP contribution in [0.2, 0.25) is 0 Å². The van der Waals surface area contributed by atoms with E-state index in [1.165, 1.54) is 0 Å². The van der Waals surface area contributed by atoms with Crippen LogP contribution in [0.15, 0.2) is 24.3 Å². The molecule has 0 saturated heterocycles. The third-order valence-corrected chi connectivity index (χ3v) is 3.69. The zero-order chi connectivity index (χ0) is 15.4. The SMILES string of the molecule is CCOC(=O)C=C(CC)c1ccc2c(c1)CCN2C(C)=O. The molecule has 0 saturated carbocycles. The van der Waals surface area contributed by atoms with E-state index in [4.69, 9.17) is 4.74 Å². The number of hydrogen-bond donors (Lipinski definition) is 0. The Morgan fingerprint density at radius 3 is 2.71 bits per heavy atom. The molecule has 0 spiro atoms. The van der Waals surface area contributed by atoms with Crippen LogP contribution in [0.5, 0.6) is 0 Å². The minimum atomic E-state index is -0.305. The number of amides is 1. The van der Waals surface area contributed by atoms with Gasteiger partial charge in [0.05, 0.1) is 6.61 Å². The maximum Gasteiger partial charge on any atom is 0.331 e. The zero-order valence-corrected chi connectivity index (χ0v) is 12.8. The number of allylic oxidation sites excluding steroid dienone is 1. The highest BCUT2D eigenvalue weighted by molar-refractivity contribution is 5.95. The van der Waals surface area contributed by atoms with Gasteiger partial charge in [-0.15, -0.1) is 0 Å². The molecule has 1 aromatic carbocycles. The molecule has 0 atom stereocenters. The molecule has 1 amide bonds. The second kappa shape index (κ2) is 6.57. The molecule has 0 N–H and O–H groups in total. The van der Waals surface area contributed by atoms with Crippen LogP contribution in [0.3, 0.4) is 0 Å². The van der Waals surface area contributed by atoms with Gasteiger partial charge in [0, 0.05) is 25.2 Å². The lowest BCUT2D eigenvalue weighted by Crippen LogP contribution is -2.25. The van der Waals surface area contributed by atoms with Crippen molar-refractivity contribution in [3.63, 3.8) is 0 Å². The molecule has 1 aromatic rings. The van der Waals surface area contributed by atoms with Crippen LogP contribution in [-0.2, 0) is 20.7 Å². The van der Waals surface area contributed by atoms with E-state index in [1.54, 1.807) is 24.8 Å². The number of anilines is 1. The summed E-state index contributed by atoms with van der Waals surface area (Å²) in [6.45, 7) is 6.51. The van der Waals surface area contributed by atoms with Gasteiger partial charge in [-0.1, -0.05) is 13.0 Å². The van der Waals surface area contributed by atoms with Crippen LogP contribution >= 0.6 is 0 Å². The molecule has 21 heavy (non-hydrogen) atoms. The molecule has 0 aliphatic carbocycles. The Hall–Kier alpha value is -2.10. The molecule has 1 heterocycles. The highest BCUT2D eigenvalue weighted by Gasteiger charge is 2.22. The fourth-order valence-electron chi connectivity index (χ4n) is 2.64. The van der Waals surface area contributed by atoms with Crippen molar-refractivity contribution in [2.75, 3.05) is 18.1 Å². The quantitative estimate of drug-likeness (QED) is 0.632. The minimum absolute atomic E-state index is 0.0688. The van der Waals surface area contributed by atoms with E-state index in [-0.39, 0.29) is 11.9 Å². The molecule has 0 radical (unpaired) electrons. The Balaban J connectivity index is 2.29. The number of carbonyl (C=O) groups is 2. The van der Waals surface area contributed by atoms with Crippen molar-refractivity contribution in [2.24, 2.45) is 0 Å². The lowest BCUT2D eigenvalue weighted by atomic mass is 9.99. The number of esters is 1. The lowest BCUT2D eigenvalue weighted by Gasteiger charge is -2.15. The molecule has 0 aromatic heterocycles. The van der Waals surface area contributed by atoms with Crippen molar-refractivity contribution < 1.29 is 14.3 Å². The molecule has 2 rings (SSSR count). The second-order valence-electron chi connectivity index (χ2n) is 5.04. The average Bonchev–Trinajstić information content (AvgIpc) is 2.88. The predicted molar refractivity (Wildman–Crippen MR) is 83.1 cm³/mol. The second-order valence-corrected chi connectivity index (χ2v) is 5.04.